The maximum Gasteiger partial charge on any atom is 0.504 e. The van der Waals surface area contributed by atoms with E-state index in [-0.39, 0.29) is 38.0 Å². The third kappa shape index (κ3) is 3.65. The van der Waals surface area contributed by atoms with Crippen LogP contribution in [0.1, 0.15) is 0 Å². The van der Waals surface area contributed by atoms with Crippen molar-refractivity contribution in [3.8, 4) is 33.5 Å². The summed E-state index contributed by atoms with van der Waals surface area (Å²) in [5.41, 5.74) is 0.393. The van der Waals surface area contributed by atoms with Crippen LogP contribution in [-0.4, -0.2) is 23.9 Å². The van der Waals surface area contributed by atoms with Gasteiger partial charge in [0.2, 0.25) is 0 Å². The van der Waals surface area contributed by atoms with Gasteiger partial charge in [0.15, 0.2) is 5.82 Å². The van der Waals surface area contributed by atoms with Gasteiger partial charge in [-0.15, -0.1) is 13.2 Å². The highest BCUT2D eigenvalue weighted by molar-refractivity contribution is 6.01. The topological polar surface area (TPSA) is 77.6 Å². The molecule has 0 fully saturated rings. The van der Waals surface area contributed by atoms with E-state index in [0.29, 0.717) is 17.3 Å². The number of hydrogen-bond donors (Lipinski definition) is 1. The van der Waals surface area contributed by atoms with Crippen molar-refractivity contribution >= 4 is 10.9 Å². The van der Waals surface area contributed by atoms with Crippen LogP contribution in [0.2, 0.25) is 0 Å². The van der Waals surface area contributed by atoms with Gasteiger partial charge in [-0.3, -0.25) is 9.59 Å². The van der Waals surface area contributed by atoms with Gasteiger partial charge in [-0.1, -0.05) is 30.3 Å². The minimum absolute atomic E-state index is 0.131. The molecule has 7 nitrogen and oxygen atoms in total. The van der Waals surface area contributed by atoms with Crippen molar-refractivity contribution in [1.82, 2.24) is 23.9 Å². The third-order valence-electron chi connectivity index (χ3n) is 5.80. The number of pyridine rings is 2. The van der Waals surface area contributed by atoms with Gasteiger partial charge in [-0.25, -0.2) is 4.39 Å². The van der Waals surface area contributed by atoms with Gasteiger partial charge >= 0.3 is 6.30 Å². The fourth-order valence-electron chi connectivity index (χ4n) is 4.08. The number of nitrogens with one attached hydrogen (secondary N) is 1. The van der Waals surface area contributed by atoms with Crippen molar-refractivity contribution in [1.29, 1.82) is 0 Å². The zero-order valence-corrected chi connectivity index (χ0v) is 18.4. The second-order valence-corrected chi connectivity index (χ2v) is 8.08. The van der Waals surface area contributed by atoms with E-state index in [2.05, 4.69) is 10.1 Å². The lowest BCUT2D eigenvalue weighted by Gasteiger charge is -2.14. The molecule has 0 aliphatic rings. The van der Waals surface area contributed by atoms with Crippen LogP contribution in [-0.2, 0) is 20.4 Å². The monoisotopic (exact) mass is 483 g/mol. The number of alkyl halides is 3. The molecule has 1 N–H and O–H groups in total. The Bertz CT molecular complexity index is 1710. The van der Waals surface area contributed by atoms with Gasteiger partial charge in [0.05, 0.1) is 17.3 Å². The van der Waals surface area contributed by atoms with Gasteiger partial charge in [0.1, 0.15) is 5.52 Å². The highest BCUT2D eigenvalue weighted by atomic mass is 19.4. The minimum atomic E-state index is -4.78. The standard InChI is InChI=1S/C24H17F4N5O2/c1-31-11-16(13-6-4-3-5-7-13)15(8-18(31)34)17-12-32(2)23(35)22-19(17)20(25)21(30-22)14-9-29-33(10-14)24(26,27)28/h3-12,30H,1-2H3. The summed E-state index contributed by atoms with van der Waals surface area (Å²) in [6, 6.07) is 10.5. The van der Waals surface area contributed by atoms with Crippen LogP contribution >= 0.6 is 0 Å². The molecule has 0 saturated carbocycles. The molecule has 0 amide bonds. The summed E-state index contributed by atoms with van der Waals surface area (Å²) in [4.78, 5) is 28.1. The highest BCUT2D eigenvalue weighted by Crippen LogP contribution is 2.38. The number of rotatable bonds is 3. The number of fused-ring (bicyclic) bond motifs is 1. The third-order valence-corrected chi connectivity index (χ3v) is 5.80. The molecule has 0 saturated heterocycles. The predicted octanol–water partition coefficient (Wildman–Crippen LogP) is 4.38. The molecular weight excluding hydrogens is 466 g/mol. The molecule has 0 aliphatic carbocycles. The van der Waals surface area contributed by atoms with E-state index < -0.39 is 17.7 Å². The molecule has 0 unspecified atom stereocenters. The maximum absolute atomic E-state index is 15.8. The van der Waals surface area contributed by atoms with E-state index in [1.165, 1.54) is 28.4 Å². The number of aryl methyl sites for hydroxylation is 2. The molecule has 0 radical (unpaired) electrons. The molecule has 0 spiro atoms. The molecule has 0 aliphatic heterocycles. The van der Waals surface area contributed by atoms with Crippen molar-refractivity contribution in [3.63, 3.8) is 0 Å². The van der Waals surface area contributed by atoms with Gasteiger partial charge in [-0.2, -0.15) is 9.78 Å². The maximum atomic E-state index is 15.8. The average Bonchev–Trinajstić information content (AvgIpc) is 3.44. The fourth-order valence-corrected chi connectivity index (χ4v) is 4.08. The second-order valence-electron chi connectivity index (χ2n) is 8.08. The van der Waals surface area contributed by atoms with Crippen molar-refractivity contribution in [3.05, 3.63) is 87.7 Å². The summed E-state index contributed by atoms with van der Waals surface area (Å²) in [5.74, 6) is -0.922. The van der Waals surface area contributed by atoms with E-state index in [0.717, 1.165) is 11.8 Å². The average molecular weight is 483 g/mol. The lowest BCUT2D eigenvalue weighted by Crippen LogP contribution is -2.18. The van der Waals surface area contributed by atoms with Gasteiger partial charge in [-0.05, 0) is 11.1 Å². The van der Waals surface area contributed by atoms with E-state index in [4.69, 9.17) is 0 Å². The first-order chi connectivity index (χ1) is 16.6. The van der Waals surface area contributed by atoms with Crippen molar-refractivity contribution < 1.29 is 17.6 Å². The summed E-state index contributed by atoms with van der Waals surface area (Å²) < 4.78 is 57.2. The van der Waals surface area contributed by atoms with E-state index in [1.54, 1.807) is 13.2 Å². The fraction of sp³-hybridized carbons (Fsp3) is 0.125. The number of H-pyrrole nitrogens is 1. The van der Waals surface area contributed by atoms with Crippen LogP contribution in [0, 0.1) is 5.82 Å². The van der Waals surface area contributed by atoms with Crippen LogP contribution in [0.15, 0.2) is 70.8 Å². The van der Waals surface area contributed by atoms with Crippen molar-refractivity contribution in [2.75, 3.05) is 0 Å². The molecule has 4 aromatic heterocycles. The number of nitrogens with zero attached hydrogens (tertiary/aromatic N) is 4. The minimum Gasteiger partial charge on any atom is -0.347 e. The zero-order chi connectivity index (χ0) is 25.1. The zero-order valence-electron chi connectivity index (χ0n) is 18.4. The predicted molar refractivity (Wildman–Crippen MR) is 122 cm³/mol. The van der Waals surface area contributed by atoms with Crippen LogP contribution < -0.4 is 11.1 Å². The first-order valence-corrected chi connectivity index (χ1v) is 10.4. The molecule has 0 atom stereocenters. The SMILES string of the molecule is Cn1cc(-c2ccccc2)c(-c2cn(C)c(=O)c3[nH]c(-c4cnn(C(F)(F)F)c4)c(F)c23)cc1=O. The van der Waals surface area contributed by atoms with E-state index in [9.17, 15) is 22.8 Å². The van der Waals surface area contributed by atoms with Crippen LogP contribution in [0.4, 0.5) is 17.6 Å². The Hall–Kier alpha value is -4.41. The smallest absolute Gasteiger partial charge is 0.347 e. The number of aromatic nitrogens is 5. The summed E-state index contributed by atoms with van der Waals surface area (Å²) in [7, 11) is 3.05. The molecule has 11 heteroatoms. The molecule has 178 valence electrons. The van der Waals surface area contributed by atoms with Crippen LogP contribution in [0.5, 0.6) is 0 Å². The Morgan fingerprint density at radius 1 is 0.886 bits per heavy atom. The summed E-state index contributed by atoms with van der Waals surface area (Å²) in [6.45, 7) is 0. The molecule has 1 aromatic carbocycles. The van der Waals surface area contributed by atoms with Crippen molar-refractivity contribution in [2.45, 2.75) is 6.30 Å². The van der Waals surface area contributed by atoms with Crippen molar-refractivity contribution in [2.24, 2.45) is 14.1 Å². The molecule has 5 rings (SSSR count). The van der Waals surface area contributed by atoms with E-state index in [1.807, 2.05) is 30.3 Å². The Labute approximate surface area is 194 Å². The number of aromatic amines is 1. The highest BCUT2D eigenvalue weighted by Gasteiger charge is 2.32. The Kier molecular flexibility index (Phi) is 5.01. The first-order valence-electron chi connectivity index (χ1n) is 10.4. The Morgan fingerprint density at radius 3 is 2.23 bits per heavy atom. The summed E-state index contributed by atoms with van der Waals surface area (Å²) in [6.07, 6.45) is -0.268. The number of hydrogen-bond acceptors (Lipinski definition) is 3. The Morgan fingerprint density at radius 2 is 1.57 bits per heavy atom. The van der Waals surface area contributed by atoms with Gasteiger partial charge in [0.25, 0.3) is 11.1 Å². The summed E-state index contributed by atoms with van der Waals surface area (Å²) >= 11 is 0. The van der Waals surface area contributed by atoms with Gasteiger partial charge < -0.3 is 14.1 Å². The largest absolute Gasteiger partial charge is 0.504 e. The lowest BCUT2D eigenvalue weighted by atomic mass is 9.95. The normalized spacial score (nSPS) is 11.9. The molecule has 5 aromatic rings. The van der Waals surface area contributed by atoms with Crippen LogP contribution in [0.3, 0.4) is 0 Å². The quantitative estimate of drug-likeness (QED) is 0.387. The summed E-state index contributed by atoms with van der Waals surface area (Å²) in [5, 5.41) is 3.12. The van der Waals surface area contributed by atoms with E-state index >= 15 is 4.39 Å². The lowest BCUT2D eigenvalue weighted by molar-refractivity contribution is -0.212. The number of halogens is 4. The van der Waals surface area contributed by atoms with Gasteiger partial charge in [0, 0.05) is 55.4 Å². The van der Waals surface area contributed by atoms with Crippen LogP contribution in [0.25, 0.3) is 44.4 Å². The molecule has 4 heterocycles. The molecular formula is C24H17F4N5O2. The number of benzene rings is 1. The first kappa shape index (κ1) is 22.4. The molecule has 35 heavy (non-hydrogen) atoms. The molecule has 0 bridgehead atoms. The Balaban J connectivity index is 1.84. The second kappa shape index (κ2) is 7.83.